The molecule has 2 N–H and O–H groups in total. The quantitative estimate of drug-likeness (QED) is 0.666. The van der Waals surface area contributed by atoms with Gasteiger partial charge in [0.25, 0.3) is 5.82 Å². The van der Waals surface area contributed by atoms with Gasteiger partial charge in [-0.05, 0) is 33.3 Å². The fourth-order valence-electron chi connectivity index (χ4n) is 2.22. The van der Waals surface area contributed by atoms with E-state index in [4.69, 9.17) is 14.2 Å². The summed E-state index contributed by atoms with van der Waals surface area (Å²) in [6, 6.07) is 8.93. The molecule has 0 saturated heterocycles. The number of amides is 1. The van der Waals surface area contributed by atoms with Crippen LogP contribution in [0.4, 0.5) is 4.79 Å². The van der Waals surface area contributed by atoms with Crippen LogP contribution >= 0.6 is 0 Å². The number of carbonyl (C=O) groups is 2. The van der Waals surface area contributed by atoms with Crippen molar-refractivity contribution in [3.8, 4) is 0 Å². The summed E-state index contributed by atoms with van der Waals surface area (Å²) in [5.74, 6) is -0.496. The van der Waals surface area contributed by atoms with Gasteiger partial charge < -0.3 is 19.5 Å². The zero-order chi connectivity index (χ0) is 20.6. The van der Waals surface area contributed by atoms with Crippen LogP contribution in [0.5, 0.6) is 0 Å². The first-order valence-corrected chi connectivity index (χ1v) is 8.99. The maximum Gasteiger partial charge on any atom is 0.408 e. The molecule has 2 rings (SSSR count). The van der Waals surface area contributed by atoms with Gasteiger partial charge in [0.1, 0.15) is 17.5 Å². The molecule has 0 bridgehead atoms. The maximum atomic E-state index is 12.2. The molecule has 28 heavy (non-hydrogen) atoms. The molecule has 0 fully saturated rings. The van der Waals surface area contributed by atoms with Crippen molar-refractivity contribution in [1.82, 2.24) is 20.5 Å². The Hall–Kier alpha value is -2.94. The van der Waals surface area contributed by atoms with Crippen LogP contribution in [-0.4, -0.2) is 46.1 Å². The lowest BCUT2D eigenvalue weighted by Crippen LogP contribution is -2.37. The second-order valence-electron chi connectivity index (χ2n) is 6.96. The highest BCUT2D eigenvalue weighted by Crippen LogP contribution is 2.13. The molecule has 9 nitrogen and oxygen atoms in total. The monoisotopic (exact) mass is 390 g/mol. The number of aromatic amines is 1. The third-order valence-corrected chi connectivity index (χ3v) is 3.38. The molecule has 0 saturated carbocycles. The predicted octanol–water partition coefficient (Wildman–Crippen LogP) is 2.76. The zero-order valence-corrected chi connectivity index (χ0v) is 16.5. The molecule has 1 aromatic carbocycles. The van der Waals surface area contributed by atoms with E-state index in [0.717, 1.165) is 5.56 Å². The van der Waals surface area contributed by atoms with Gasteiger partial charge >= 0.3 is 12.1 Å². The molecule has 1 amide bonds. The SMILES string of the molecule is CCOC(=O)c1n[nH]c([C@H](COCc2ccccc2)NC(=O)OC(C)(C)C)n1. The predicted molar refractivity (Wildman–Crippen MR) is 101 cm³/mol. The zero-order valence-electron chi connectivity index (χ0n) is 16.5. The summed E-state index contributed by atoms with van der Waals surface area (Å²) in [7, 11) is 0. The number of hydrogen-bond donors (Lipinski definition) is 2. The van der Waals surface area contributed by atoms with Gasteiger partial charge in [-0.15, -0.1) is 5.10 Å². The van der Waals surface area contributed by atoms with E-state index in [1.165, 1.54) is 0 Å². The third-order valence-electron chi connectivity index (χ3n) is 3.38. The van der Waals surface area contributed by atoms with E-state index in [9.17, 15) is 9.59 Å². The summed E-state index contributed by atoms with van der Waals surface area (Å²) < 4.78 is 15.9. The van der Waals surface area contributed by atoms with Crippen molar-refractivity contribution in [1.29, 1.82) is 0 Å². The minimum absolute atomic E-state index is 0.103. The fourth-order valence-corrected chi connectivity index (χ4v) is 2.22. The number of esters is 1. The van der Waals surface area contributed by atoms with E-state index in [0.29, 0.717) is 6.61 Å². The largest absolute Gasteiger partial charge is 0.460 e. The molecule has 1 aromatic heterocycles. The smallest absolute Gasteiger partial charge is 0.408 e. The van der Waals surface area contributed by atoms with E-state index < -0.39 is 23.7 Å². The minimum Gasteiger partial charge on any atom is -0.460 e. The highest BCUT2D eigenvalue weighted by atomic mass is 16.6. The van der Waals surface area contributed by atoms with Crippen LogP contribution in [0, 0.1) is 0 Å². The lowest BCUT2D eigenvalue weighted by molar-refractivity contribution is 0.0421. The van der Waals surface area contributed by atoms with Gasteiger partial charge in [0, 0.05) is 0 Å². The average Bonchev–Trinajstić information content (AvgIpc) is 3.10. The van der Waals surface area contributed by atoms with Gasteiger partial charge in [-0.1, -0.05) is 30.3 Å². The summed E-state index contributed by atoms with van der Waals surface area (Å²) in [5.41, 5.74) is 0.333. The highest BCUT2D eigenvalue weighted by molar-refractivity contribution is 5.84. The fraction of sp³-hybridized carbons (Fsp3) is 0.474. The summed E-state index contributed by atoms with van der Waals surface area (Å²) >= 11 is 0. The molecule has 0 aliphatic carbocycles. The van der Waals surface area contributed by atoms with Gasteiger partial charge in [-0.3, -0.25) is 5.10 Å². The number of alkyl carbamates (subject to hydrolysis) is 1. The normalized spacial score (nSPS) is 12.3. The Bertz CT molecular complexity index is 770. The van der Waals surface area contributed by atoms with Crippen LogP contribution in [0.15, 0.2) is 30.3 Å². The standard InChI is InChI=1S/C19H26N4O5/c1-5-27-17(24)16-21-15(22-23-16)14(20-18(25)28-19(2,3)4)12-26-11-13-9-7-6-8-10-13/h6-10,14H,5,11-12H2,1-4H3,(H,20,25)(H,21,22,23)/t14-/m0/s1. The molecule has 1 atom stereocenters. The first kappa shape index (κ1) is 21.4. The topological polar surface area (TPSA) is 115 Å². The van der Waals surface area contributed by atoms with Crippen molar-refractivity contribution in [3.63, 3.8) is 0 Å². The molecule has 0 aliphatic heterocycles. The van der Waals surface area contributed by atoms with Crippen molar-refractivity contribution in [2.75, 3.05) is 13.2 Å². The first-order chi connectivity index (χ1) is 13.3. The number of rotatable bonds is 8. The molecule has 0 spiro atoms. The Morgan fingerprint density at radius 1 is 1.21 bits per heavy atom. The Kier molecular flexibility index (Phi) is 7.51. The number of ether oxygens (including phenoxy) is 3. The van der Waals surface area contributed by atoms with E-state index in [1.54, 1.807) is 27.7 Å². The number of benzene rings is 1. The summed E-state index contributed by atoms with van der Waals surface area (Å²) in [6.45, 7) is 7.65. The molecule has 0 unspecified atom stereocenters. The molecular formula is C19H26N4O5. The van der Waals surface area contributed by atoms with Crippen LogP contribution in [-0.2, 0) is 20.8 Å². The van der Waals surface area contributed by atoms with Crippen molar-refractivity contribution in [3.05, 3.63) is 47.5 Å². The summed E-state index contributed by atoms with van der Waals surface area (Å²) in [4.78, 5) is 28.1. The summed E-state index contributed by atoms with van der Waals surface area (Å²) in [5, 5.41) is 9.18. The molecule has 1 heterocycles. The average molecular weight is 390 g/mol. The van der Waals surface area contributed by atoms with Crippen molar-refractivity contribution in [2.45, 2.75) is 45.9 Å². The van der Waals surface area contributed by atoms with Crippen LogP contribution < -0.4 is 5.32 Å². The van der Waals surface area contributed by atoms with Crippen molar-refractivity contribution in [2.24, 2.45) is 0 Å². The van der Waals surface area contributed by atoms with Crippen molar-refractivity contribution >= 4 is 12.1 Å². The van der Waals surface area contributed by atoms with Crippen LogP contribution in [0.25, 0.3) is 0 Å². The number of carbonyl (C=O) groups excluding carboxylic acids is 2. The van der Waals surface area contributed by atoms with Crippen LogP contribution in [0.3, 0.4) is 0 Å². The van der Waals surface area contributed by atoms with Gasteiger partial charge in [0.05, 0.1) is 19.8 Å². The number of aromatic nitrogens is 3. The van der Waals surface area contributed by atoms with E-state index in [-0.39, 0.29) is 24.9 Å². The number of hydrogen-bond acceptors (Lipinski definition) is 7. The van der Waals surface area contributed by atoms with Gasteiger partial charge in [-0.25, -0.2) is 14.6 Å². The van der Waals surface area contributed by atoms with E-state index >= 15 is 0 Å². The molecule has 9 heteroatoms. The third kappa shape index (κ3) is 6.99. The molecule has 0 radical (unpaired) electrons. The molecule has 152 valence electrons. The lowest BCUT2D eigenvalue weighted by Gasteiger charge is -2.22. The minimum atomic E-state index is -0.686. The van der Waals surface area contributed by atoms with Gasteiger partial charge in [-0.2, -0.15) is 0 Å². The highest BCUT2D eigenvalue weighted by Gasteiger charge is 2.24. The van der Waals surface area contributed by atoms with Crippen LogP contribution in [0.2, 0.25) is 0 Å². The van der Waals surface area contributed by atoms with E-state index in [1.807, 2.05) is 30.3 Å². The molecule has 2 aromatic rings. The Balaban J connectivity index is 2.06. The molecule has 0 aliphatic rings. The number of nitrogens with one attached hydrogen (secondary N) is 2. The second kappa shape index (κ2) is 9.84. The van der Waals surface area contributed by atoms with Crippen molar-refractivity contribution < 1.29 is 23.8 Å². The number of H-pyrrole nitrogens is 1. The summed E-state index contributed by atoms with van der Waals surface area (Å²) in [6.07, 6.45) is -0.630. The first-order valence-electron chi connectivity index (χ1n) is 8.99. The lowest BCUT2D eigenvalue weighted by atomic mass is 10.2. The Labute approximate surface area is 163 Å². The van der Waals surface area contributed by atoms with E-state index in [2.05, 4.69) is 20.5 Å². The maximum absolute atomic E-state index is 12.2. The van der Waals surface area contributed by atoms with Gasteiger partial charge in [0.15, 0.2) is 0 Å². The van der Waals surface area contributed by atoms with Crippen LogP contribution in [0.1, 0.15) is 55.7 Å². The number of nitrogens with zero attached hydrogens (tertiary/aromatic N) is 2. The second-order valence-corrected chi connectivity index (χ2v) is 6.96. The Morgan fingerprint density at radius 3 is 2.57 bits per heavy atom. The molecular weight excluding hydrogens is 364 g/mol. The Morgan fingerprint density at radius 2 is 1.93 bits per heavy atom. The van der Waals surface area contributed by atoms with Gasteiger partial charge in [0.2, 0.25) is 0 Å².